The zero-order valence-electron chi connectivity index (χ0n) is 11.5. The first kappa shape index (κ1) is 14.3. The number of rotatable bonds is 5. The van der Waals surface area contributed by atoms with Gasteiger partial charge in [-0.25, -0.2) is 9.79 Å². The number of β-lactam (4-membered cyclic amide) rings is 1. The summed E-state index contributed by atoms with van der Waals surface area (Å²) in [6.07, 6.45) is -0.771. The lowest BCUT2D eigenvalue weighted by molar-refractivity contribution is -0.175. The number of ether oxygens (including phenoxy) is 1. The van der Waals surface area contributed by atoms with Crippen LogP contribution in [0.25, 0.3) is 0 Å². The van der Waals surface area contributed by atoms with E-state index in [0.717, 1.165) is 10.5 Å². The van der Waals surface area contributed by atoms with E-state index in [0.29, 0.717) is 5.90 Å². The van der Waals surface area contributed by atoms with Crippen molar-refractivity contribution in [1.82, 2.24) is 4.90 Å². The molecule has 0 aromatic heterocycles. The van der Waals surface area contributed by atoms with E-state index in [-0.39, 0.29) is 5.57 Å². The minimum absolute atomic E-state index is 0.0241. The lowest BCUT2D eigenvalue weighted by atomic mass is 9.98. The van der Waals surface area contributed by atoms with Crippen LogP contribution in [0.1, 0.15) is 5.56 Å². The fraction of sp³-hybridized carbons (Fsp3) is 0.267. The number of carbonyl (C=O) groups is 2. The third-order valence-electron chi connectivity index (χ3n) is 3.66. The summed E-state index contributed by atoms with van der Waals surface area (Å²) in [5.74, 6) is -1.40. The fourth-order valence-corrected chi connectivity index (χ4v) is 2.56. The summed E-state index contributed by atoms with van der Waals surface area (Å²) in [6.45, 7) is 2.98. The quantitative estimate of drug-likeness (QED) is 0.589. The lowest BCUT2D eigenvalue weighted by Crippen LogP contribution is -2.68. The molecular weight excluding hydrogens is 288 g/mol. The summed E-state index contributed by atoms with van der Waals surface area (Å²) < 4.78 is 5.62. The number of benzene rings is 1. The lowest BCUT2D eigenvalue weighted by Gasteiger charge is -2.43. The number of carbonyl (C=O) groups excluding carboxylic acids is 1. The van der Waals surface area contributed by atoms with E-state index in [4.69, 9.17) is 9.84 Å². The first-order chi connectivity index (χ1) is 10.5. The Balaban J connectivity index is 1.83. The molecule has 2 heterocycles. The maximum absolute atomic E-state index is 12.1. The molecule has 2 unspecified atom stereocenters. The van der Waals surface area contributed by atoms with Crippen molar-refractivity contribution in [2.24, 2.45) is 4.99 Å². The standard InChI is InChI=1S/C15H14N2O5/c1-8(7-18)11(15(20)21)17-13(19)10-14(17)22-12(16-10)9-5-3-2-4-6-9/h2-6,10-11,14,18H,1,7H2,(H,20,21)/t10?,11-,14?/m1/s1. The second-order valence-electron chi connectivity index (χ2n) is 5.06. The molecule has 114 valence electrons. The minimum atomic E-state index is -1.32. The van der Waals surface area contributed by atoms with Gasteiger partial charge in [-0.1, -0.05) is 24.8 Å². The minimum Gasteiger partial charge on any atom is -0.479 e. The molecule has 22 heavy (non-hydrogen) atoms. The number of carboxylic acids is 1. The number of aliphatic imine (C=N–C) groups is 1. The molecule has 1 fully saturated rings. The Labute approximate surface area is 126 Å². The number of hydrogen-bond donors (Lipinski definition) is 2. The number of amides is 1. The van der Waals surface area contributed by atoms with Crippen molar-refractivity contribution < 1.29 is 24.5 Å². The normalized spacial score (nSPS) is 24.0. The van der Waals surface area contributed by atoms with Crippen molar-refractivity contribution in [3.8, 4) is 0 Å². The van der Waals surface area contributed by atoms with Crippen molar-refractivity contribution in [2.45, 2.75) is 18.3 Å². The molecule has 0 saturated carbocycles. The van der Waals surface area contributed by atoms with Gasteiger partial charge >= 0.3 is 5.97 Å². The predicted molar refractivity (Wildman–Crippen MR) is 76.1 cm³/mol. The van der Waals surface area contributed by atoms with Crippen molar-refractivity contribution in [1.29, 1.82) is 0 Å². The molecule has 0 spiro atoms. The maximum Gasteiger partial charge on any atom is 0.330 e. The molecular formula is C15H14N2O5. The Morgan fingerprint density at radius 3 is 2.68 bits per heavy atom. The monoisotopic (exact) mass is 302 g/mol. The van der Waals surface area contributed by atoms with Crippen LogP contribution in [-0.4, -0.2) is 57.8 Å². The third kappa shape index (κ3) is 2.06. The Kier molecular flexibility index (Phi) is 3.42. The summed E-state index contributed by atoms with van der Waals surface area (Å²) in [5, 5.41) is 18.4. The van der Waals surface area contributed by atoms with Gasteiger partial charge in [0.1, 0.15) is 0 Å². The van der Waals surface area contributed by atoms with Crippen LogP contribution >= 0.6 is 0 Å². The van der Waals surface area contributed by atoms with Gasteiger partial charge in [0.25, 0.3) is 5.91 Å². The molecule has 0 aliphatic carbocycles. The zero-order valence-corrected chi connectivity index (χ0v) is 11.5. The zero-order chi connectivity index (χ0) is 15.9. The molecule has 0 radical (unpaired) electrons. The van der Waals surface area contributed by atoms with E-state index >= 15 is 0 Å². The SMILES string of the molecule is C=C(CO)[C@H](C(=O)O)N1C(=O)C2N=C(c3ccccc3)OC21. The first-order valence-electron chi connectivity index (χ1n) is 6.68. The van der Waals surface area contributed by atoms with Crippen LogP contribution in [0.15, 0.2) is 47.5 Å². The van der Waals surface area contributed by atoms with Crippen LogP contribution < -0.4 is 0 Å². The van der Waals surface area contributed by atoms with Gasteiger partial charge in [-0.15, -0.1) is 0 Å². The van der Waals surface area contributed by atoms with Gasteiger partial charge in [0, 0.05) is 5.56 Å². The summed E-state index contributed by atoms with van der Waals surface area (Å²) in [4.78, 5) is 28.8. The number of aliphatic carboxylic acids is 1. The van der Waals surface area contributed by atoms with E-state index in [1.807, 2.05) is 18.2 Å². The third-order valence-corrected chi connectivity index (χ3v) is 3.66. The number of aliphatic hydroxyl groups is 1. The molecule has 2 N–H and O–H groups in total. The number of aliphatic hydroxyl groups excluding tert-OH is 1. The highest BCUT2D eigenvalue weighted by atomic mass is 16.5. The topological polar surface area (TPSA) is 99.4 Å². The molecule has 1 aromatic carbocycles. The van der Waals surface area contributed by atoms with Crippen molar-refractivity contribution in [2.75, 3.05) is 6.61 Å². The van der Waals surface area contributed by atoms with Crippen molar-refractivity contribution >= 4 is 17.8 Å². The maximum atomic E-state index is 12.1. The highest BCUT2D eigenvalue weighted by molar-refractivity contribution is 6.03. The smallest absolute Gasteiger partial charge is 0.330 e. The largest absolute Gasteiger partial charge is 0.479 e. The molecule has 7 nitrogen and oxygen atoms in total. The molecule has 0 bridgehead atoms. The van der Waals surface area contributed by atoms with Crippen LogP contribution in [0.4, 0.5) is 0 Å². The van der Waals surface area contributed by atoms with E-state index in [1.165, 1.54) is 0 Å². The number of hydrogen-bond acceptors (Lipinski definition) is 5. The molecule has 2 aliphatic rings. The second kappa shape index (κ2) is 5.27. The van der Waals surface area contributed by atoms with Gasteiger partial charge in [0.15, 0.2) is 12.1 Å². The van der Waals surface area contributed by atoms with E-state index in [9.17, 15) is 14.7 Å². The highest BCUT2D eigenvalue weighted by Crippen LogP contribution is 2.34. The molecule has 1 amide bonds. The molecule has 1 saturated heterocycles. The van der Waals surface area contributed by atoms with Crippen molar-refractivity contribution in [3.63, 3.8) is 0 Å². The van der Waals surface area contributed by atoms with E-state index in [1.54, 1.807) is 12.1 Å². The average molecular weight is 302 g/mol. The summed E-state index contributed by atoms with van der Waals surface area (Å²) in [6, 6.07) is 7.01. The van der Waals surface area contributed by atoms with Crippen LogP contribution in [0.3, 0.4) is 0 Å². The summed E-state index contributed by atoms with van der Waals surface area (Å²) in [5.41, 5.74) is 0.744. The fourth-order valence-electron chi connectivity index (χ4n) is 2.56. The number of fused-ring (bicyclic) bond motifs is 1. The number of likely N-dealkylation sites (tertiary alicyclic amines) is 1. The molecule has 1 aromatic rings. The van der Waals surface area contributed by atoms with Crippen LogP contribution in [-0.2, 0) is 14.3 Å². The Bertz CT molecular complexity index is 670. The Morgan fingerprint density at radius 2 is 2.09 bits per heavy atom. The molecule has 3 rings (SSSR count). The number of nitrogens with zero attached hydrogens (tertiary/aromatic N) is 2. The van der Waals surface area contributed by atoms with E-state index in [2.05, 4.69) is 11.6 Å². The molecule has 7 heteroatoms. The van der Waals surface area contributed by atoms with Gasteiger partial charge in [-0.3, -0.25) is 9.69 Å². The van der Waals surface area contributed by atoms with Gasteiger partial charge in [-0.2, -0.15) is 0 Å². The van der Waals surface area contributed by atoms with Gasteiger partial charge in [0.05, 0.1) is 6.61 Å². The van der Waals surface area contributed by atoms with E-state index < -0.39 is 36.8 Å². The molecule has 3 atom stereocenters. The van der Waals surface area contributed by atoms with Gasteiger partial charge in [0.2, 0.25) is 12.1 Å². The van der Waals surface area contributed by atoms with Gasteiger partial charge in [-0.05, 0) is 17.7 Å². The summed E-state index contributed by atoms with van der Waals surface area (Å²) >= 11 is 0. The number of carboxylic acid groups (broad SMARTS) is 1. The van der Waals surface area contributed by atoms with Crippen molar-refractivity contribution in [3.05, 3.63) is 48.0 Å². The first-order valence-corrected chi connectivity index (χ1v) is 6.68. The van der Waals surface area contributed by atoms with Gasteiger partial charge < -0.3 is 14.9 Å². The average Bonchev–Trinajstić information content (AvgIpc) is 2.92. The van der Waals surface area contributed by atoms with Crippen LogP contribution in [0.5, 0.6) is 0 Å². The molecule has 2 aliphatic heterocycles. The Hall–Kier alpha value is -2.67. The highest BCUT2D eigenvalue weighted by Gasteiger charge is 2.58. The van der Waals surface area contributed by atoms with Crippen LogP contribution in [0.2, 0.25) is 0 Å². The summed E-state index contributed by atoms with van der Waals surface area (Å²) in [7, 11) is 0. The predicted octanol–water partition coefficient (Wildman–Crippen LogP) is 0.00200. The second-order valence-corrected chi connectivity index (χ2v) is 5.06. The van der Waals surface area contributed by atoms with Crippen LogP contribution in [0, 0.1) is 0 Å². The Morgan fingerprint density at radius 1 is 1.41 bits per heavy atom.